The van der Waals surface area contributed by atoms with Gasteiger partial charge in [0.25, 0.3) is 10.0 Å². The highest BCUT2D eigenvalue weighted by Gasteiger charge is 2.21. The van der Waals surface area contributed by atoms with Gasteiger partial charge in [-0.05, 0) is 19.1 Å². The SMILES string of the molecule is CC(CC(N)=O)NS(=O)(=O)c1ncccc1N. The minimum atomic E-state index is -3.83. The molecule has 0 saturated heterocycles. The van der Waals surface area contributed by atoms with Gasteiger partial charge in [0.05, 0.1) is 5.69 Å². The number of nitrogens with zero attached hydrogens (tertiary/aromatic N) is 1. The lowest BCUT2D eigenvalue weighted by Crippen LogP contribution is -2.36. The third-order valence-electron chi connectivity index (χ3n) is 1.92. The van der Waals surface area contributed by atoms with Crippen LogP contribution in [0.2, 0.25) is 0 Å². The van der Waals surface area contributed by atoms with E-state index in [1.54, 1.807) is 0 Å². The largest absolute Gasteiger partial charge is 0.396 e. The summed E-state index contributed by atoms with van der Waals surface area (Å²) in [6, 6.07) is 2.35. The van der Waals surface area contributed by atoms with Gasteiger partial charge >= 0.3 is 0 Å². The second-order valence-electron chi connectivity index (χ2n) is 3.59. The van der Waals surface area contributed by atoms with Gasteiger partial charge in [0, 0.05) is 18.7 Å². The first-order chi connectivity index (χ1) is 7.83. The molecule has 0 radical (unpaired) electrons. The van der Waals surface area contributed by atoms with E-state index in [9.17, 15) is 13.2 Å². The van der Waals surface area contributed by atoms with Crippen LogP contribution in [0.4, 0.5) is 5.69 Å². The van der Waals surface area contributed by atoms with Crippen LogP contribution in [0, 0.1) is 0 Å². The number of anilines is 1. The van der Waals surface area contributed by atoms with Crippen LogP contribution in [0.5, 0.6) is 0 Å². The highest BCUT2D eigenvalue weighted by Crippen LogP contribution is 2.14. The molecule has 7 nitrogen and oxygen atoms in total. The number of pyridine rings is 1. The molecule has 0 fully saturated rings. The number of primary amides is 1. The third kappa shape index (κ3) is 3.68. The number of nitrogen functional groups attached to an aromatic ring is 1. The van der Waals surface area contributed by atoms with Gasteiger partial charge in [0.1, 0.15) is 0 Å². The minimum Gasteiger partial charge on any atom is -0.396 e. The predicted molar refractivity (Wildman–Crippen MR) is 62.2 cm³/mol. The monoisotopic (exact) mass is 258 g/mol. The first-order valence-corrected chi connectivity index (χ1v) is 6.32. The average molecular weight is 258 g/mol. The molecule has 0 aromatic carbocycles. The highest BCUT2D eigenvalue weighted by molar-refractivity contribution is 7.89. The molecule has 0 spiro atoms. The number of sulfonamides is 1. The molecule has 1 aromatic rings. The van der Waals surface area contributed by atoms with E-state index in [0.29, 0.717) is 0 Å². The van der Waals surface area contributed by atoms with E-state index in [1.165, 1.54) is 25.3 Å². The number of carbonyl (C=O) groups is 1. The van der Waals surface area contributed by atoms with E-state index < -0.39 is 22.0 Å². The third-order valence-corrected chi connectivity index (χ3v) is 3.48. The average Bonchev–Trinajstić information content (AvgIpc) is 2.15. The van der Waals surface area contributed by atoms with E-state index in [2.05, 4.69) is 9.71 Å². The van der Waals surface area contributed by atoms with Crippen LogP contribution in [-0.4, -0.2) is 25.4 Å². The van der Waals surface area contributed by atoms with Gasteiger partial charge in [0.15, 0.2) is 5.03 Å². The summed E-state index contributed by atoms with van der Waals surface area (Å²) in [4.78, 5) is 14.3. The Morgan fingerprint density at radius 3 is 2.76 bits per heavy atom. The molecule has 0 aliphatic carbocycles. The number of hydrogen-bond acceptors (Lipinski definition) is 5. The molecule has 1 rings (SSSR count). The summed E-state index contributed by atoms with van der Waals surface area (Å²) in [5.74, 6) is -0.589. The number of carbonyl (C=O) groups excluding carboxylic acids is 1. The zero-order chi connectivity index (χ0) is 13.1. The van der Waals surface area contributed by atoms with Crippen molar-refractivity contribution in [2.75, 3.05) is 5.73 Å². The van der Waals surface area contributed by atoms with Crippen molar-refractivity contribution in [3.63, 3.8) is 0 Å². The first-order valence-electron chi connectivity index (χ1n) is 4.84. The molecular formula is C9H14N4O3S. The van der Waals surface area contributed by atoms with Gasteiger partial charge in [0.2, 0.25) is 5.91 Å². The van der Waals surface area contributed by atoms with Gasteiger partial charge < -0.3 is 11.5 Å². The smallest absolute Gasteiger partial charge is 0.260 e. The molecule has 1 heterocycles. The van der Waals surface area contributed by atoms with Crippen LogP contribution in [0.25, 0.3) is 0 Å². The molecule has 5 N–H and O–H groups in total. The van der Waals surface area contributed by atoms with Crippen LogP contribution in [-0.2, 0) is 14.8 Å². The topological polar surface area (TPSA) is 128 Å². The zero-order valence-corrected chi connectivity index (χ0v) is 10.1. The fourth-order valence-electron chi connectivity index (χ4n) is 1.29. The Bertz CT molecular complexity index is 515. The maximum absolute atomic E-state index is 11.8. The van der Waals surface area contributed by atoms with Gasteiger partial charge in [-0.25, -0.2) is 18.1 Å². The van der Waals surface area contributed by atoms with Crippen molar-refractivity contribution < 1.29 is 13.2 Å². The predicted octanol–water partition coefficient (Wildman–Crippen LogP) is -0.794. The van der Waals surface area contributed by atoms with Gasteiger partial charge in [-0.15, -0.1) is 0 Å². The van der Waals surface area contributed by atoms with Crippen molar-refractivity contribution in [3.8, 4) is 0 Å². The number of rotatable bonds is 5. The summed E-state index contributed by atoms with van der Waals surface area (Å²) in [5, 5.41) is -0.253. The Morgan fingerprint density at radius 2 is 2.24 bits per heavy atom. The molecule has 0 bridgehead atoms. The van der Waals surface area contributed by atoms with Crippen molar-refractivity contribution >= 4 is 21.6 Å². The lowest BCUT2D eigenvalue weighted by atomic mass is 10.2. The molecule has 94 valence electrons. The number of nitrogens with one attached hydrogen (secondary N) is 1. The molecule has 1 amide bonds. The normalized spacial score (nSPS) is 13.2. The van der Waals surface area contributed by atoms with Crippen molar-refractivity contribution in [2.24, 2.45) is 5.73 Å². The van der Waals surface area contributed by atoms with E-state index in [-0.39, 0.29) is 17.1 Å². The fraction of sp³-hybridized carbons (Fsp3) is 0.333. The standard InChI is InChI=1S/C9H14N4O3S/c1-6(5-8(11)14)13-17(15,16)9-7(10)3-2-4-12-9/h2-4,6,13H,5,10H2,1H3,(H2,11,14). The Hall–Kier alpha value is -1.67. The molecule has 1 aromatic heterocycles. The fourth-order valence-corrected chi connectivity index (χ4v) is 2.59. The molecule has 0 aliphatic heterocycles. The van der Waals surface area contributed by atoms with Crippen molar-refractivity contribution in [1.82, 2.24) is 9.71 Å². The maximum Gasteiger partial charge on any atom is 0.260 e. The van der Waals surface area contributed by atoms with Gasteiger partial charge in [-0.1, -0.05) is 0 Å². The van der Waals surface area contributed by atoms with E-state index in [4.69, 9.17) is 11.5 Å². The van der Waals surface area contributed by atoms with E-state index >= 15 is 0 Å². The number of aromatic nitrogens is 1. The summed E-state index contributed by atoms with van der Waals surface area (Å²) in [6.45, 7) is 1.53. The number of nitrogens with two attached hydrogens (primary N) is 2. The molecule has 1 unspecified atom stereocenters. The summed E-state index contributed by atoms with van der Waals surface area (Å²) < 4.78 is 26.0. The van der Waals surface area contributed by atoms with Crippen LogP contribution in [0.1, 0.15) is 13.3 Å². The molecule has 1 atom stereocenters. The van der Waals surface area contributed by atoms with Crippen molar-refractivity contribution in [3.05, 3.63) is 18.3 Å². The first kappa shape index (κ1) is 13.4. The molecule has 17 heavy (non-hydrogen) atoms. The molecular weight excluding hydrogens is 244 g/mol. The van der Waals surface area contributed by atoms with Crippen LogP contribution < -0.4 is 16.2 Å². The minimum absolute atomic E-state index is 0.0475. The van der Waals surface area contributed by atoms with Gasteiger partial charge in [-0.2, -0.15) is 0 Å². The quantitative estimate of drug-likeness (QED) is 0.637. The van der Waals surface area contributed by atoms with E-state index in [0.717, 1.165) is 0 Å². The lowest BCUT2D eigenvalue weighted by molar-refractivity contribution is -0.118. The summed E-state index contributed by atoms with van der Waals surface area (Å²) >= 11 is 0. The van der Waals surface area contributed by atoms with Crippen molar-refractivity contribution in [2.45, 2.75) is 24.4 Å². The summed E-state index contributed by atoms with van der Waals surface area (Å²) in [6.07, 6.45) is 1.23. The highest BCUT2D eigenvalue weighted by atomic mass is 32.2. The molecule has 0 aliphatic rings. The second kappa shape index (κ2) is 5.11. The summed E-state index contributed by atoms with van der Waals surface area (Å²) in [5.41, 5.74) is 10.5. The lowest BCUT2D eigenvalue weighted by Gasteiger charge is -2.12. The number of hydrogen-bond donors (Lipinski definition) is 3. The van der Waals surface area contributed by atoms with Crippen LogP contribution >= 0.6 is 0 Å². The second-order valence-corrected chi connectivity index (χ2v) is 5.22. The van der Waals surface area contributed by atoms with Crippen molar-refractivity contribution in [1.29, 1.82) is 0 Å². The molecule has 0 saturated carbocycles. The van der Waals surface area contributed by atoms with Crippen LogP contribution in [0.3, 0.4) is 0 Å². The maximum atomic E-state index is 11.8. The molecule has 8 heteroatoms. The van der Waals surface area contributed by atoms with E-state index in [1.807, 2.05) is 0 Å². The Morgan fingerprint density at radius 1 is 1.59 bits per heavy atom. The van der Waals surface area contributed by atoms with Crippen LogP contribution in [0.15, 0.2) is 23.4 Å². The summed E-state index contributed by atoms with van der Waals surface area (Å²) in [7, 11) is -3.83. The van der Waals surface area contributed by atoms with Gasteiger partial charge in [-0.3, -0.25) is 4.79 Å². The zero-order valence-electron chi connectivity index (χ0n) is 9.25. The Kier molecular flexibility index (Phi) is 4.02. The number of amides is 1. The Labute approximate surface area is 99.3 Å². The Balaban J connectivity index is 2.90.